The van der Waals surface area contributed by atoms with E-state index in [1.165, 1.54) is 43.4 Å². The Bertz CT molecular complexity index is 1250. The number of benzene rings is 4. The summed E-state index contributed by atoms with van der Waals surface area (Å²) in [6, 6.07) is 28.2. The Hall–Kier alpha value is -3.19. The van der Waals surface area contributed by atoms with Gasteiger partial charge in [0.15, 0.2) is 0 Å². The second kappa shape index (κ2) is 5.42. The third-order valence-corrected chi connectivity index (χ3v) is 4.96. The molecule has 0 radical (unpaired) electrons. The molecule has 0 atom stereocenters. The molecule has 0 aliphatic heterocycles. The van der Waals surface area contributed by atoms with Gasteiger partial charge in [0.05, 0.1) is 5.69 Å². The van der Waals surface area contributed by atoms with E-state index in [1.54, 1.807) is 0 Å². The summed E-state index contributed by atoms with van der Waals surface area (Å²) in [4.78, 5) is 4.69. The Morgan fingerprint density at radius 2 is 1.36 bits per heavy atom. The van der Waals surface area contributed by atoms with Crippen LogP contribution in [0.1, 0.15) is 5.56 Å². The molecule has 1 heterocycles. The van der Waals surface area contributed by atoms with Crippen LogP contribution in [-0.4, -0.2) is 4.98 Å². The Balaban J connectivity index is 1.89. The Morgan fingerprint density at radius 1 is 0.600 bits per heavy atom. The molecular weight excluding hydrogens is 302 g/mol. The zero-order chi connectivity index (χ0) is 16.8. The lowest BCUT2D eigenvalue weighted by molar-refractivity contribution is 1.35. The normalized spacial score (nSPS) is 11.4. The number of fused-ring (bicyclic) bond motifs is 5. The molecule has 5 rings (SSSR count). The van der Waals surface area contributed by atoms with Crippen LogP contribution in [0, 0.1) is 6.92 Å². The largest absolute Gasteiger partial charge is 0.256 e. The minimum atomic E-state index is 1.05. The Labute approximate surface area is 146 Å². The van der Waals surface area contributed by atoms with E-state index >= 15 is 0 Å². The molecular formula is C24H17N. The van der Waals surface area contributed by atoms with Crippen molar-refractivity contribution in [1.29, 1.82) is 0 Å². The first kappa shape index (κ1) is 14.2. The lowest BCUT2D eigenvalue weighted by Crippen LogP contribution is -1.88. The Kier molecular flexibility index (Phi) is 3.07. The zero-order valence-corrected chi connectivity index (χ0v) is 14.0. The molecule has 118 valence electrons. The second-order valence-electron chi connectivity index (χ2n) is 6.57. The minimum absolute atomic E-state index is 1.05. The first-order chi connectivity index (χ1) is 12.3. The quantitative estimate of drug-likeness (QED) is 0.321. The van der Waals surface area contributed by atoms with Gasteiger partial charge in [-0.25, -0.2) is 0 Å². The molecule has 0 fully saturated rings. The van der Waals surface area contributed by atoms with Crippen molar-refractivity contribution in [3.05, 3.63) is 90.6 Å². The molecule has 0 amide bonds. The van der Waals surface area contributed by atoms with Crippen LogP contribution in [0.5, 0.6) is 0 Å². The van der Waals surface area contributed by atoms with Crippen molar-refractivity contribution in [1.82, 2.24) is 4.98 Å². The summed E-state index contributed by atoms with van der Waals surface area (Å²) >= 11 is 0. The maximum atomic E-state index is 4.69. The van der Waals surface area contributed by atoms with Crippen molar-refractivity contribution >= 4 is 32.3 Å². The third kappa shape index (κ3) is 2.20. The molecule has 0 N–H and O–H groups in total. The van der Waals surface area contributed by atoms with E-state index < -0.39 is 0 Å². The summed E-state index contributed by atoms with van der Waals surface area (Å²) in [6.45, 7) is 2.12. The van der Waals surface area contributed by atoms with E-state index in [2.05, 4.69) is 90.8 Å². The van der Waals surface area contributed by atoms with Gasteiger partial charge in [-0.15, -0.1) is 0 Å². The van der Waals surface area contributed by atoms with Gasteiger partial charge in [0, 0.05) is 17.1 Å². The molecule has 0 bridgehead atoms. The van der Waals surface area contributed by atoms with Crippen LogP contribution < -0.4 is 0 Å². The van der Waals surface area contributed by atoms with Crippen molar-refractivity contribution in [2.45, 2.75) is 6.92 Å². The van der Waals surface area contributed by atoms with Gasteiger partial charge < -0.3 is 0 Å². The van der Waals surface area contributed by atoms with Gasteiger partial charge in [-0.05, 0) is 46.0 Å². The van der Waals surface area contributed by atoms with E-state index in [-0.39, 0.29) is 0 Å². The highest BCUT2D eigenvalue weighted by Gasteiger charge is 2.09. The zero-order valence-electron chi connectivity index (χ0n) is 14.0. The summed E-state index contributed by atoms with van der Waals surface area (Å²) in [6.07, 6.45) is 1.93. The van der Waals surface area contributed by atoms with Gasteiger partial charge in [0.25, 0.3) is 0 Å². The van der Waals surface area contributed by atoms with Crippen LogP contribution in [0.3, 0.4) is 0 Å². The monoisotopic (exact) mass is 319 g/mol. The van der Waals surface area contributed by atoms with Crippen molar-refractivity contribution in [3.8, 4) is 11.3 Å². The fourth-order valence-corrected chi connectivity index (χ4v) is 3.78. The number of hydrogen-bond donors (Lipinski definition) is 0. The van der Waals surface area contributed by atoms with E-state index in [9.17, 15) is 0 Å². The van der Waals surface area contributed by atoms with E-state index in [1.807, 2.05) is 6.20 Å². The number of aryl methyl sites for hydroxylation is 1. The SMILES string of the molecule is Cc1cccc(-c2nccc3c2ccc2c4ccccc4ccc32)c1. The number of pyridine rings is 1. The maximum absolute atomic E-state index is 4.69. The van der Waals surface area contributed by atoms with Crippen LogP contribution in [0.4, 0.5) is 0 Å². The lowest BCUT2D eigenvalue weighted by atomic mass is 9.95. The highest BCUT2D eigenvalue weighted by atomic mass is 14.7. The average Bonchev–Trinajstić information content (AvgIpc) is 2.67. The summed E-state index contributed by atoms with van der Waals surface area (Å²) in [5.41, 5.74) is 3.48. The summed E-state index contributed by atoms with van der Waals surface area (Å²) in [7, 11) is 0. The molecule has 4 aromatic carbocycles. The molecule has 0 saturated heterocycles. The number of nitrogens with zero attached hydrogens (tertiary/aromatic N) is 1. The molecule has 0 saturated carbocycles. The first-order valence-corrected chi connectivity index (χ1v) is 8.57. The van der Waals surface area contributed by atoms with Gasteiger partial charge >= 0.3 is 0 Å². The van der Waals surface area contributed by atoms with E-state index in [4.69, 9.17) is 0 Å². The summed E-state index contributed by atoms with van der Waals surface area (Å²) < 4.78 is 0. The predicted octanol–water partition coefficient (Wildman–Crippen LogP) is 6.52. The van der Waals surface area contributed by atoms with Gasteiger partial charge in [-0.2, -0.15) is 0 Å². The number of aromatic nitrogens is 1. The fraction of sp³-hybridized carbons (Fsp3) is 0.0417. The molecule has 1 nitrogen and oxygen atoms in total. The summed E-state index contributed by atoms with van der Waals surface area (Å²) in [5, 5.41) is 7.63. The van der Waals surface area contributed by atoms with Crippen LogP contribution >= 0.6 is 0 Å². The number of rotatable bonds is 1. The van der Waals surface area contributed by atoms with Crippen molar-refractivity contribution in [2.24, 2.45) is 0 Å². The lowest BCUT2D eigenvalue weighted by Gasteiger charge is -2.11. The van der Waals surface area contributed by atoms with Gasteiger partial charge in [-0.1, -0.05) is 72.3 Å². The van der Waals surface area contributed by atoms with E-state index in [0.717, 1.165) is 5.69 Å². The number of hydrogen-bond acceptors (Lipinski definition) is 1. The van der Waals surface area contributed by atoms with Gasteiger partial charge in [0.2, 0.25) is 0 Å². The molecule has 0 aliphatic carbocycles. The molecule has 25 heavy (non-hydrogen) atoms. The van der Waals surface area contributed by atoms with Crippen LogP contribution in [0.15, 0.2) is 85.1 Å². The van der Waals surface area contributed by atoms with Crippen molar-refractivity contribution in [2.75, 3.05) is 0 Å². The van der Waals surface area contributed by atoms with Crippen LogP contribution in [0.25, 0.3) is 43.6 Å². The van der Waals surface area contributed by atoms with Crippen molar-refractivity contribution in [3.63, 3.8) is 0 Å². The molecule has 5 aromatic rings. The highest BCUT2D eigenvalue weighted by molar-refractivity contribution is 6.18. The van der Waals surface area contributed by atoms with Crippen molar-refractivity contribution < 1.29 is 0 Å². The Morgan fingerprint density at radius 3 is 2.28 bits per heavy atom. The fourth-order valence-electron chi connectivity index (χ4n) is 3.78. The average molecular weight is 319 g/mol. The minimum Gasteiger partial charge on any atom is -0.256 e. The molecule has 0 aliphatic rings. The first-order valence-electron chi connectivity index (χ1n) is 8.57. The third-order valence-electron chi connectivity index (χ3n) is 4.96. The highest BCUT2D eigenvalue weighted by Crippen LogP contribution is 2.34. The van der Waals surface area contributed by atoms with Gasteiger partial charge in [-0.3, -0.25) is 4.98 Å². The molecule has 0 spiro atoms. The van der Waals surface area contributed by atoms with Crippen LogP contribution in [-0.2, 0) is 0 Å². The van der Waals surface area contributed by atoms with Crippen LogP contribution in [0.2, 0.25) is 0 Å². The molecule has 0 unspecified atom stereocenters. The topological polar surface area (TPSA) is 12.9 Å². The predicted molar refractivity (Wildman–Crippen MR) is 107 cm³/mol. The van der Waals surface area contributed by atoms with Gasteiger partial charge in [0.1, 0.15) is 0 Å². The second-order valence-corrected chi connectivity index (χ2v) is 6.57. The summed E-state index contributed by atoms with van der Waals surface area (Å²) in [5.74, 6) is 0. The maximum Gasteiger partial charge on any atom is 0.0780 e. The molecule has 1 aromatic heterocycles. The standard InChI is InChI=1S/C24H17N/c1-16-5-4-7-18(15-16)24-23-12-11-20-19-8-3-2-6-17(19)9-10-21(20)22(23)13-14-25-24/h2-15H,1H3. The smallest absolute Gasteiger partial charge is 0.0780 e. The van der Waals surface area contributed by atoms with E-state index in [0.29, 0.717) is 0 Å². The molecule has 1 heteroatoms.